The van der Waals surface area contributed by atoms with E-state index in [1.54, 1.807) is 0 Å². The SMILES string of the molecule is CC(C)CN1CCN(CCCNC(=O)C2CCC(C=O)CC2)CC1. The number of amides is 1. The Kier molecular flexibility index (Phi) is 8.19. The number of hydrogen-bond donors (Lipinski definition) is 1. The van der Waals surface area contributed by atoms with Crippen molar-refractivity contribution in [2.75, 3.05) is 45.8 Å². The molecule has 0 aromatic carbocycles. The number of piperazine rings is 1. The average Bonchev–Trinajstić information content (AvgIpc) is 2.59. The van der Waals surface area contributed by atoms with Crippen LogP contribution in [0.25, 0.3) is 0 Å². The molecule has 24 heavy (non-hydrogen) atoms. The number of rotatable bonds is 8. The number of carbonyl (C=O) groups excluding carboxylic acids is 2. The van der Waals surface area contributed by atoms with Crippen LogP contribution in [0.4, 0.5) is 0 Å². The van der Waals surface area contributed by atoms with Crippen molar-refractivity contribution in [3.8, 4) is 0 Å². The van der Waals surface area contributed by atoms with E-state index in [-0.39, 0.29) is 17.7 Å². The topological polar surface area (TPSA) is 52.6 Å². The first-order valence-electron chi connectivity index (χ1n) is 9.76. The number of nitrogens with zero attached hydrogens (tertiary/aromatic N) is 2. The third-order valence-corrected chi connectivity index (χ3v) is 5.37. The first-order chi connectivity index (χ1) is 11.6. The molecule has 1 aliphatic heterocycles. The molecule has 2 rings (SSSR count). The zero-order valence-electron chi connectivity index (χ0n) is 15.5. The Labute approximate surface area is 147 Å². The minimum absolute atomic E-state index is 0.126. The molecule has 1 saturated carbocycles. The third kappa shape index (κ3) is 6.52. The summed E-state index contributed by atoms with van der Waals surface area (Å²) >= 11 is 0. The second kappa shape index (κ2) is 10.1. The molecule has 0 spiro atoms. The van der Waals surface area contributed by atoms with Crippen molar-refractivity contribution in [3.05, 3.63) is 0 Å². The highest BCUT2D eigenvalue weighted by Crippen LogP contribution is 2.27. The second-order valence-electron chi connectivity index (χ2n) is 7.93. The lowest BCUT2D eigenvalue weighted by molar-refractivity contribution is -0.127. The fourth-order valence-electron chi connectivity index (χ4n) is 3.89. The first-order valence-corrected chi connectivity index (χ1v) is 9.76. The van der Waals surface area contributed by atoms with Crippen LogP contribution in [0, 0.1) is 17.8 Å². The Morgan fingerprint density at radius 3 is 2.29 bits per heavy atom. The van der Waals surface area contributed by atoms with Crippen LogP contribution in [0.15, 0.2) is 0 Å². The van der Waals surface area contributed by atoms with E-state index >= 15 is 0 Å². The van der Waals surface area contributed by atoms with Gasteiger partial charge in [0.25, 0.3) is 0 Å². The highest BCUT2D eigenvalue weighted by atomic mass is 16.1. The molecule has 0 atom stereocenters. The molecule has 5 heteroatoms. The molecule has 1 heterocycles. The fourth-order valence-corrected chi connectivity index (χ4v) is 3.89. The van der Waals surface area contributed by atoms with Crippen molar-refractivity contribution in [2.24, 2.45) is 17.8 Å². The Bertz CT molecular complexity index is 384. The van der Waals surface area contributed by atoms with Crippen LogP contribution in [0.3, 0.4) is 0 Å². The molecule has 1 saturated heterocycles. The molecule has 1 aliphatic carbocycles. The van der Waals surface area contributed by atoms with Gasteiger partial charge in [-0.1, -0.05) is 13.8 Å². The maximum atomic E-state index is 12.2. The van der Waals surface area contributed by atoms with Crippen molar-refractivity contribution in [2.45, 2.75) is 46.0 Å². The van der Waals surface area contributed by atoms with Crippen molar-refractivity contribution in [1.82, 2.24) is 15.1 Å². The van der Waals surface area contributed by atoms with Gasteiger partial charge in [0.2, 0.25) is 5.91 Å². The monoisotopic (exact) mass is 337 g/mol. The van der Waals surface area contributed by atoms with E-state index in [0.717, 1.165) is 70.5 Å². The highest BCUT2D eigenvalue weighted by molar-refractivity contribution is 5.78. The van der Waals surface area contributed by atoms with E-state index in [4.69, 9.17) is 0 Å². The zero-order chi connectivity index (χ0) is 17.4. The van der Waals surface area contributed by atoms with Crippen LogP contribution in [-0.2, 0) is 9.59 Å². The Morgan fingerprint density at radius 1 is 1.08 bits per heavy atom. The molecule has 0 radical (unpaired) electrons. The van der Waals surface area contributed by atoms with Gasteiger partial charge in [0.1, 0.15) is 6.29 Å². The van der Waals surface area contributed by atoms with Crippen LogP contribution < -0.4 is 5.32 Å². The lowest BCUT2D eigenvalue weighted by Crippen LogP contribution is -2.47. The van der Waals surface area contributed by atoms with E-state index in [1.807, 2.05) is 0 Å². The van der Waals surface area contributed by atoms with Gasteiger partial charge >= 0.3 is 0 Å². The molecule has 2 fully saturated rings. The number of carbonyl (C=O) groups is 2. The molecule has 5 nitrogen and oxygen atoms in total. The number of aldehydes is 1. The van der Waals surface area contributed by atoms with Gasteiger partial charge in [-0.3, -0.25) is 4.79 Å². The molecular formula is C19H35N3O2. The molecule has 0 bridgehead atoms. The predicted molar refractivity (Wildman–Crippen MR) is 96.9 cm³/mol. The maximum absolute atomic E-state index is 12.2. The summed E-state index contributed by atoms with van der Waals surface area (Å²) in [5.74, 6) is 1.25. The molecule has 2 aliphatic rings. The lowest BCUT2D eigenvalue weighted by Gasteiger charge is -2.35. The third-order valence-electron chi connectivity index (χ3n) is 5.37. The fraction of sp³-hybridized carbons (Fsp3) is 0.895. The minimum atomic E-state index is 0.126. The second-order valence-corrected chi connectivity index (χ2v) is 7.93. The molecule has 0 unspecified atom stereocenters. The Balaban J connectivity index is 1.52. The molecule has 1 amide bonds. The van der Waals surface area contributed by atoms with E-state index in [9.17, 15) is 9.59 Å². The van der Waals surface area contributed by atoms with Gasteiger partial charge in [-0.05, 0) is 44.6 Å². The van der Waals surface area contributed by atoms with Crippen LogP contribution >= 0.6 is 0 Å². The van der Waals surface area contributed by atoms with Crippen molar-refractivity contribution in [3.63, 3.8) is 0 Å². The number of nitrogens with one attached hydrogen (secondary N) is 1. The lowest BCUT2D eigenvalue weighted by atomic mass is 9.82. The normalized spacial score (nSPS) is 26.5. The Hall–Kier alpha value is -0.940. The van der Waals surface area contributed by atoms with Crippen LogP contribution in [0.1, 0.15) is 46.0 Å². The standard InChI is InChI=1S/C19H35N3O2/c1-16(2)14-22-12-10-21(11-13-22)9-3-8-20-19(24)18-6-4-17(15-23)5-7-18/h15-18H,3-14H2,1-2H3,(H,20,24). The van der Waals surface area contributed by atoms with Crippen molar-refractivity contribution in [1.29, 1.82) is 0 Å². The number of hydrogen-bond acceptors (Lipinski definition) is 4. The quantitative estimate of drug-likeness (QED) is 0.542. The van der Waals surface area contributed by atoms with Crippen molar-refractivity contribution >= 4 is 12.2 Å². The molecule has 0 aromatic rings. The van der Waals surface area contributed by atoms with E-state index in [0.29, 0.717) is 0 Å². The minimum Gasteiger partial charge on any atom is -0.356 e. The highest BCUT2D eigenvalue weighted by Gasteiger charge is 2.25. The van der Waals surface area contributed by atoms with E-state index < -0.39 is 0 Å². The van der Waals surface area contributed by atoms with Gasteiger partial charge in [-0.15, -0.1) is 0 Å². The zero-order valence-corrected chi connectivity index (χ0v) is 15.5. The molecule has 0 aromatic heterocycles. The smallest absolute Gasteiger partial charge is 0.223 e. The summed E-state index contributed by atoms with van der Waals surface area (Å²) in [4.78, 5) is 28.0. The summed E-state index contributed by atoms with van der Waals surface area (Å²) in [5, 5.41) is 3.10. The average molecular weight is 338 g/mol. The van der Waals surface area contributed by atoms with Crippen LogP contribution in [0.2, 0.25) is 0 Å². The first kappa shape index (κ1) is 19.4. The Morgan fingerprint density at radius 2 is 1.71 bits per heavy atom. The van der Waals surface area contributed by atoms with Crippen LogP contribution in [-0.4, -0.2) is 67.8 Å². The summed E-state index contributed by atoms with van der Waals surface area (Å²) in [7, 11) is 0. The van der Waals surface area contributed by atoms with Gasteiger partial charge < -0.3 is 19.9 Å². The van der Waals surface area contributed by atoms with Gasteiger partial charge in [-0.25, -0.2) is 0 Å². The summed E-state index contributed by atoms with van der Waals surface area (Å²) in [6.07, 6.45) is 5.57. The van der Waals surface area contributed by atoms with Gasteiger partial charge in [0.05, 0.1) is 0 Å². The molecule has 1 N–H and O–H groups in total. The maximum Gasteiger partial charge on any atom is 0.223 e. The summed E-state index contributed by atoms with van der Waals surface area (Å²) in [6, 6.07) is 0. The largest absolute Gasteiger partial charge is 0.356 e. The molecule has 138 valence electrons. The van der Waals surface area contributed by atoms with Crippen LogP contribution in [0.5, 0.6) is 0 Å². The van der Waals surface area contributed by atoms with E-state index in [2.05, 4.69) is 29.0 Å². The van der Waals surface area contributed by atoms with Gasteiger partial charge in [0.15, 0.2) is 0 Å². The summed E-state index contributed by atoms with van der Waals surface area (Å²) < 4.78 is 0. The predicted octanol–water partition coefficient (Wildman–Crippen LogP) is 1.77. The van der Waals surface area contributed by atoms with Gasteiger partial charge in [-0.2, -0.15) is 0 Å². The molecular weight excluding hydrogens is 302 g/mol. The van der Waals surface area contributed by atoms with Crippen molar-refractivity contribution < 1.29 is 9.59 Å². The van der Waals surface area contributed by atoms with E-state index in [1.165, 1.54) is 19.6 Å². The summed E-state index contributed by atoms with van der Waals surface area (Å²) in [6.45, 7) is 12.3. The summed E-state index contributed by atoms with van der Waals surface area (Å²) in [5.41, 5.74) is 0. The van der Waals surface area contributed by atoms with Gasteiger partial charge in [0, 0.05) is 51.1 Å².